The van der Waals surface area contributed by atoms with Gasteiger partial charge < -0.3 is 99.2 Å². The fourth-order valence-corrected chi connectivity index (χ4v) is 6.88. The van der Waals surface area contributed by atoms with Gasteiger partial charge in [-0.15, -0.1) is 0 Å². The second-order valence-corrected chi connectivity index (χ2v) is 15.6. The van der Waals surface area contributed by atoms with Gasteiger partial charge in [0, 0.05) is 24.3 Å². The molecular formula is C46H43F3O23. The van der Waals surface area contributed by atoms with Crippen LogP contribution in [-0.4, -0.2) is 162 Å². The fraction of sp³-hybridized carbons (Fsp3) is 0.304. The summed E-state index contributed by atoms with van der Waals surface area (Å²) in [4.78, 5) is 34.3. The summed E-state index contributed by atoms with van der Waals surface area (Å²) in [6.45, 7) is -1.44. The molecule has 0 amide bonds. The molecular weight excluding hydrogens is 977 g/mol. The number of halogens is 3. The Hall–Kier alpha value is -7.69. The van der Waals surface area contributed by atoms with E-state index in [1.165, 1.54) is 86.0 Å². The van der Waals surface area contributed by atoms with Crippen molar-refractivity contribution in [2.75, 3.05) is 20.3 Å². The van der Waals surface area contributed by atoms with Gasteiger partial charge in [-0.3, -0.25) is 0 Å². The van der Waals surface area contributed by atoms with Gasteiger partial charge in [-0.25, -0.2) is 14.0 Å². The Morgan fingerprint density at radius 1 is 0.681 bits per heavy atom. The van der Waals surface area contributed by atoms with E-state index in [2.05, 4.69) is 0 Å². The number of carbonyl (C=O) groups excluding carboxylic acids is 3. The minimum Gasteiger partial charge on any atom is -0.542 e. The second-order valence-electron chi connectivity index (χ2n) is 15.6. The van der Waals surface area contributed by atoms with Crippen LogP contribution in [0.2, 0.25) is 0 Å². The van der Waals surface area contributed by atoms with Gasteiger partial charge in [-0.05, 0) is 60.2 Å². The summed E-state index contributed by atoms with van der Waals surface area (Å²) in [5, 5.41) is 125. The van der Waals surface area contributed by atoms with Crippen molar-refractivity contribution in [2.45, 2.75) is 67.6 Å². The lowest BCUT2D eigenvalue weighted by molar-refractivity contribution is -0.357. The third-order valence-corrected chi connectivity index (χ3v) is 10.6. The summed E-state index contributed by atoms with van der Waals surface area (Å²) in [6, 6.07) is 16.2. The molecule has 26 heteroatoms. The molecule has 2 fully saturated rings. The first kappa shape index (κ1) is 53.7. The van der Waals surface area contributed by atoms with Crippen molar-refractivity contribution >= 4 is 35.0 Å². The molecule has 4 aromatic carbocycles. The van der Waals surface area contributed by atoms with Crippen LogP contribution in [0.1, 0.15) is 15.9 Å². The minimum absolute atomic E-state index is 0.0122. The van der Waals surface area contributed by atoms with Crippen molar-refractivity contribution < 1.29 is 126 Å². The number of esters is 2. The molecule has 0 spiro atoms. The molecule has 0 unspecified atom stereocenters. The molecule has 1 aromatic heterocycles. The van der Waals surface area contributed by atoms with Crippen LogP contribution in [0.5, 0.6) is 46.0 Å². The van der Waals surface area contributed by atoms with Gasteiger partial charge in [0.15, 0.2) is 35.4 Å². The summed E-state index contributed by atoms with van der Waals surface area (Å²) in [6.07, 6.45) is -21.8. The molecule has 0 saturated carbocycles. The lowest BCUT2D eigenvalue weighted by Crippen LogP contribution is -2.65. The molecule has 0 radical (unpaired) electrons. The number of aliphatic carboxylic acids is 1. The highest BCUT2D eigenvalue weighted by atomic mass is 19.4. The van der Waals surface area contributed by atoms with E-state index in [0.717, 1.165) is 12.1 Å². The number of benzene rings is 4. The SMILES string of the molecule is COc1cc(-c2[o+]c3cc(O)cc(O)c3cc2O[C@@H]2O[C@H](COC(=O)/C=C/c3ccc(O)c(O)c3)[C@@H](O)[C@H](O)[C@H]2O[C@@H]2O[C@H](COC(=O)c3ccc(O)cc3)[C@@H](O)[C@H](O)[C@H]2O)ccc1O.O=C([O-])C(F)(F)F. The van der Waals surface area contributed by atoms with Crippen molar-refractivity contribution in [3.05, 3.63) is 96.1 Å². The van der Waals surface area contributed by atoms with Crippen molar-refractivity contribution in [3.63, 3.8) is 0 Å². The number of hydrogen-bond donors (Lipinski definition) is 11. The van der Waals surface area contributed by atoms with E-state index in [1.54, 1.807) is 0 Å². The largest absolute Gasteiger partial charge is 0.542 e. The van der Waals surface area contributed by atoms with Crippen LogP contribution in [0.25, 0.3) is 28.4 Å². The molecule has 3 heterocycles. The Labute approximate surface area is 402 Å². The molecule has 72 heavy (non-hydrogen) atoms. The predicted molar refractivity (Wildman–Crippen MR) is 230 cm³/mol. The van der Waals surface area contributed by atoms with Gasteiger partial charge in [-0.2, -0.15) is 13.2 Å². The van der Waals surface area contributed by atoms with E-state index < -0.39 is 110 Å². The highest BCUT2D eigenvalue weighted by Crippen LogP contribution is 2.43. The van der Waals surface area contributed by atoms with Crippen molar-refractivity contribution in [1.29, 1.82) is 0 Å². The average Bonchev–Trinajstić information content (AvgIpc) is 3.33. The molecule has 23 nitrogen and oxygen atoms in total. The summed E-state index contributed by atoms with van der Waals surface area (Å²) in [7, 11) is 1.29. The Morgan fingerprint density at radius 2 is 1.31 bits per heavy atom. The van der Waals surface area contributed by atoms with Crippen LogP contribution >= 0.6 is 0 Å². The number of fused-ring (bicyclic) bond motifs is 1. The zero-order chi connectivity index (χ0) is 52.8. The first-order valence-corrected chi connectivity index (χ1v) is 20.8. The Balaban J connectivity index is 0.00000113. The van der Waals surface area contributed by atoms with Crippen molar-refractivity contribution in [1.82, 2.24) is 0 Å². The van der Waals surface area contributed by atoms with E-state index in [-0.39, 0.29) is 62.4 Å². The van der Waals surface area contributed by atoms with Gasteiger partial charge in [0.2, 0.25) is 12.0 Å². The zero-order valence-corrected chi connectivity index (χ0v) is 36.8. The number of hydrogen-bond acceptors (Lipinski definition) is 22. The number of phenolic OH excluding ortho intramolecular Hbond substituents is 6. The number of alkyl halides is 3. The normalized spacial score (nSPS) is 24.2. The smallest absolute Gasteiger partial charge is 0.430 e. The van der Waals surface area contributed by atoms with Gasteiger partial charge in [0.25, 0.3) is 0 Å². The number of aromatic hydroxyl groups is 6. The molecule has 2 aliphatic rings. The first-order chi connectivity index (χ1) is 33.9. The quantitative estimate of drug-likeness (QED) is 0.0340. The topological polar surface area (TPSA) is 373 Å². The summed E-state index contributed by atoms with van der Waals surface area (Å²) < 4.78 is 77.5. The van der Waals surface area contributed by atoms with E-state index in [0.29, 0.717) is 5.56 Å². The number of ether oxygens (including phenoxy) is 7. The molecule has 7 rings (SSSR count). The highest BCUT2D eigenvalue weighted by molar-refractivity contribution is 5.90. The highest BCUT2D eigenvalue weighted by Gasteiger charge is 2.52. The zero-order valence-electron chi connectivity index (χ0n) is 36.8. The first-order valence-electron chi connectivity index (χ1n) is 20.8. The molecule has 2 saturated heterocycles. The maximum Gasteiger partial charge on any atom is 0.430 e. The van der Waals surface area contributed by atoms with Gasteiger partial charge in [0.1, 0.15) is 84.5 Å². The average molecular weight is 1020 g/mol. The van der Waals surface area contributed by atoms with Crippen LogP contribution in [0.4, 0.5) is 13.2 Å². The second kappa shape index (κ2) is 22.6. The van der Waals surface area contributed by atoms with Crippen LogP contribution in [0.3, 0.4) is 0 Å². The van der Waals surface area contributed by atoms with Crippen molar-refractivity contribution in [3.8, 4) is 57.3 Å². The van der Waals surface area contributed by atoms with Gasteiger partial charge in [0.05, 0.1) is 24.3 Å². The van der Waals surface area contributed by atoms with Crippen LogP contribution in [0, 0.1) is 0 Å². The summed E-state index contributed by atoms with van der Waals surface area (Å²) in [5.41, 5.74) is 0.443. The van der Waals surface area contributed by atoms with E-state index >= 15 is 0 Å². The standard InChI is InChI=1S/C44H42O21.C2HF3O2/c1-58-30-13-21(6-10-26(30)48)40-31(16-24-27(49)14-23(46)15-29(24)61-40)62-44-41(38(55)36(53)32(64-44)17-59-34(51)11-3-19-2-9-25(47)28(50)12-19)65-43-39(56)37(54)35(52)33(63-43)18-60-42(57)20-4-7-22(45)8-5-20;3-2(4,5)1(6)7/h2-16,32-33,35-39,41,43-44,52-56H,17-18H2,1H3,(H5-,45,46,47,48,49,50,51,57);(H,6,7)/t32-,33-,35-,36-,37+,38+,39-,41-,43+,44-;/m1./s1. The number of aliphatic hydroxyl groups is 5. The van der Waals surface area contributed by atoms with Gasteiger partial charge in [-0.1, -0.05) is 6.07 Å². The molecule has 11 N–H and O–H groups in total. The predicted octanol–water partition coefficient (Wildman–Crippen LogP) is 1.05. The number of carboxylic acids is 1. The van der Waals surface area contributed by atoms with E-state index in [1.807, 2.05) is 0 Å². The maximum absolute atomic E-state index is 12.8. The van der Waals surface area contributed by atoms with Crippen molar-refractivity contribution in [2.24, 2.45) is 0 Å². The fourth-order valence-electron chi connectivity index (χ4n) is 6.88. The molecule has 10 atom stereocenters. The minimum atomic E-state index is -5.19. The number of carbonyl (C=O) groups is 3. The van der Waals surface area contributed by atoms with E-state index in [9.17, 15) is 78.9 Å². The Bertz CT molecular complexity index is 2770. The third-order valence-electron chi connectivity index (χ3n) is 10.6. The van der Waals surface area contributed by atoms with Crippen LogP contribution in [0.15, 0.2) is 89.4 Å². The summed E-state index contributed by atoms with van der Waals surface area (Å²) in [5.74, 6) is -7.38. The lowest BCUT2D eigenvalue weighted by Gasteiger charge is -2.45. The lowest BCUT2D eigenvalue weighted by atomic mass is 9.97. The van der Waals surface area contributed by atoms with Gasteiger partial charge >= 0.3 is 29.5 Å². The van der Waals surface area contributed by atoms with Crippen LogP contribution in [-0.2, 0) is 33.3 Å². The molecule has 5 aromatic rings. The third kappa shape index (κ3) is 12.8. The number of methoxy groups -OCH3 is 1. The van der Waals surface area contributed by atoms with Crippen LogP contribution < -0.4 is 14.6 Å². The Morgan fingerprint density at radius 3 is 1.94 bits per heavy atom. The Kier molecular flexibility index (Phi) is 16.8. The monoisotopic (exact) mass is 1020 g/mol. The molecule has 0 aliphatic carbocycles. The number of rotatable bonds is 13. The van der Waals surface area contributed by atoms with E-state index in [4.69, 9.17) is 47.5 Å². The number of carboxylic acid groups (broad SMARTS) is 1. The maximum atomic E-state index is 12.8. The molecule has 386 valence electrons. The molecule has 0 bridgehead atoms. The molecule has 2 aliphatic heterocycles. The number of phenols is 6. The number of aliphatic hydroxyl groups excluding tert-OH is 5. The summed E-state index contributed by atoms with van der Waals surface area (Å²) >= 11 is 0.